The van der Waals surface area contributed by atoms with Crippen molar-refractivity contribution in [3.05, 3.63) is 48.2 Å². The highest BCUT2D eigenvalue weighted by atomic mass is 16.2. The minimum atomic E-state index is -0.0369. The van der Waals surface area contributed by atoms with E-state index in [1.165, 1.54) is 0 Å². The summed E-state index contributed by atoms with van der Waals surface area (Å²) in [7, 11) is 1.94. The molecule has 1 aromatic carbocycles. The molecule has 2 N–H and O–H groups in total. The van der Waals surface area contributed by atoms with Gasteiger partial charge < -0.3 is 15.5 Å². The fraction of sp³-hybridized carbons (Fsp3) is 0.450. The number of piperidine rings is 2. The van der Waals surface area contributed by atoms with Gasteiger partial charge in [0.05, 0.1) is 5.92 Å². The number of nitrogens with two attached hydrogens (primary N) is 1. The van der Waals surface area contributed by atoms with Crippen LogP contribution in [0.15, 0.2) is 42.6 Å². The second-order valence-electron chi connectivity index (χ2n) is 7.63. The molecule has 2 aliphatic heterocycles. The van der Waals surface area contributed by atoms with Gasteiger partial charge in [-0.3, -0.25) is 4.79 Å². The molecule has 2 aromatic rings. The zero-order valence-electron chi connectivity index (χ0n) is 15.1. The second kappa shape index (κ2) is 6.59. The van der Waals surface area contributed by atoms with Gasteiger partial charge in [-0.1, -0.05) is 30.3 Å². The molecule has 1 atom stereocenters. The van der Waals surface area contributed by atoms with Crippen molar-refractivity contribution in [3.63, 3.8) is 0 Å². The molecule has 136 valence electrons. The molecule has 0 aliphatic carbocycles. The van der Waals surface area contributed by atoms with Crippen LogP contribution in [0.25, 0.3) is 0 Å². The lowest BCUT2D eigenvalue weighted by Crippen LogP contribution is -2.53. The molecule has 26 heavy (non-hydrogen) atoms. The second-order valence-corrected chi connectivity index (χ2v) is 7.63. The van der Waals surface area contributed by atoms with Crippen molar-refractivity contribution in [2.45, 2.75) is 25.2 Å². The van der Waals surface area contributed by atoms with Gasteiger partial charge in [-0.2, -0.15) is 4.98 Å². The molecule has 6 nitrogen and oxygen atoms in total. The third kappa shape index (κ3) is 3.11. The molecule has 2 fully saturated rings. The maximum Gasteiger partial charge on any atom is 0.229 e. The van der Waals surface area contributed by atoms with Crippen molar-refractivity contribution in [2.24, 2.45) is 5.41 Å². The van der Waals surface area contributed by atoms with Crippen LogP contribution < -0.4 is 10.6 Å². The summed E-state index contributed by atoms with van der Waals surface area (Å²) < 4.78 is 0. The minimum absolute atomic E-state index is 0.0369. The van der Waals surface area contributed by atoms with Gasteiger partial charge >= 0.3 is 0 Å². The Balaban J connectivity index is 1.51. The molecule has 1 amide bonds. The van der Waals surface area contributed by atoms with Crippen LogP contribution in [-0.4, -0.2) is 47.5 Å². The number of aromatic nitrogens is 2. The molecule has 6 heteroatoms. The molecule has 4 rings (SSSR count). The summed E-state index contributed by atoms with van der Waals surface area (Å²) in [4.78, 5) is 25.6. The molecular weight excluding hydrogens is 326 g/mol. The van der Waals surface area contributed by atoms with Crippen LogP contribution in [-0.2, 0) is 4.79 Å². The van der Waals surface area contributed by atoms with Crippen LogP contribution in [0.4, 0.5) is 11.8 Å². The molecule has 2 saturated heterocycles. The number of hydrogen-bond donors (Lipinski definition) is 1. The van der Waals surface area contributed by atoms with Crippen molar-refractivity contribution in [1.29, 1.82) is 0 Å². The first-order valence-electron chi connectivity index (χ1n) is 9.20. The van der Waals surface area contributed by atoms with Gasteiger partial charge in [0.2, 0.25) is 11.9 Å². The lowest BCUT2D eigenvalue weighted by atomic mass is 9.68. The van der Waals surface area contributed by atoms with Crippen molar-refractivity contribution in [2.75, 3.05) is 37.3 Å². The van der Waals surface area contributed by atoms with E-state index in [2.05, 4.69) is 27.0 Å². The first-order valence-corrected chi connectivity index (χ1v) is 9.20. The third-order valence-corrected chi connectivity index (χ3v) is 5.86. The molecule has 1 spiro atoms. The highest BCUT2D eigenvalue weighted by Gasteiger charge is 2.45. The number of carbonyl (C=O) groups excluding carboxylic acids is 1. The smallest absolute Gasteiger partial charge is 0.229 e. The number of anilines is 2. The summed E-state index contributed by atoms with van der Waals surface area (Å²) in [5.41, 5.74) is 7.09. The highest BCUT2D eigenvalue weighted by Crippen LogP contribution is 2.45. The molecule has 1 aromatic heterocycles. The number of nitrogen functional groups attached to an aromatic ring is 1. The van der Waals surface area contributed by atoms with Crippen LogP contribution in [0.3, 0.4) is 0 Å². The Morgan fingerprint density at radius 1 is 1.15 bits per heavy atom. The highest BCUT2D eigenvalue weighted by molar-refractivity contribution is 5.84. The number of amides is 1. The number of hydrogen-bond acceptors (Lipinski definition) is 5. The summed E-state index contributed by atoms with van der Waals surface area (Å²) in [5, 5.41) is 0. The SMILES string of the molecule is CN1CC2(CCN(c3nccc(N)n3)CC2)C[C@H](c2ccccc2)C1=O. The van der Waals surface area contributed by atoms with Crippen LogP contribution >= 0.6 is 0 Å². The predicted octanol–water partition coefficient (Wildman–Crippen LogP) is 2.29. The maximum absolute atomic E-state index is 12.8. The largest absolute Gasteiger partial charge is 0.384 e. The van der Waals surface area contributed by atoms with Gasteiger partial charge in [-0.05, 0) is 36.3 Å². The van der Waals surface area contributed by atoms with E-state index in [1.807, 2.05) is 30.1 Å². The topological polar surface area (TPSA) is 75.3 Å². The molecule has 2 aliphatic rings. The standard InChI is InChI=1S/C20H25N5O/c1-24-14-20(13-16(18(24)26)15-5-3-2-4-6-15)8-11-25(12-9-20)19-22-10-7-17(21)23-19/h2-7,10,16H,8-9,11-14H2,1H3,(H2,21,22,23)/t16-/m1/s1. The number of likely N-dealkylation sites (tertiary alicyclic amines) is 1. The Morgan fingerprint density at radius 2 is 1.88 bits per heavy atom. The van der Waals surface area contributed by atoms with E-state index < -0.39 is 0 Å². The van der Waals surface area contributed by atoms with Gasteiger partial charge in [0.1, 0.15) is 5.82 Å². The van der Waals surface area contributed by atoms with Crippen molar-refractivity contribution in [1.82, 2.24) is 14.9 Å². The maximum atomic E-state index is 12.8. The normalized spacial score (nSPS) is 22.7. The van der Waals surface area contributed by atoms with E-state index in [4.69, 9.17) is 5.73 Å². The first-order chi connectivity index (χ1) is 12.6. The molecular formula is C20H25N5O. The molecule has 3 heterocycles. The number of likely N-dealkylation sites (N-methyl/N-ethyl adjacent to an activating group) is 1. The predicted molar refractivity (Wildman–Crippen MR) is 102 cm³/mol. The van der Waals surface area contributed by atoms with E-state index in [9.17, 15) is 4.79 Å². The Kier molecular flexibility index (Phi) is 4.26. The molecule has 0 saturated carbocycles. The van der Waals surface area contributed by atoms with Crippen LogP contribution in [0, 0.1) is 5.41 Å². The van der Waals surface area contributed by atoms with Crippen molar-refractivity contribution in [3.8, 4) is 0 Å². The summed E-state index contributed by atoms with van der Waals surface area (Å²) >= 11 is 0. The fourth-order valence-electron chi connectivity index (χ4n) is 4.44. The average Bonchev–Trinajstić information content (AvgIpc) is 2.66. The first kappa shape index (κ1) is 16.8. The van der Waals surface area contributed by atoms with E-state index in [-0.39, 0.29) is 17.2 Å². The Morgan fingerprint density at radius 3 is 2.58 bits per heavy atom. The molecule has 0 unspecified atom stereocenters. The van der Waals surface area contributed by atoms with Gasteiger partial charge in [0.25, 0.3) is 0 Å². The number of nitrogens with zero attached hydrogens (tertiary/aromatic N) is 4. The monoisotopic (exact) mass is 351 g/mol. The summed E-state index contributed by atoms with van der Waals surface area (Å²) in [6.45, 7) is 2.63. The van der Waals surface area contributed by atoms with E-state index in [0.717, 1.165) is 44.5 Å². The Bertz CT molecular complexity index is 786. The van der Waals surface area contributed by atoms with Gasteiger partial charge in [-0.25, -0.2) is 4.98 Å². The Hall–Kier alpha value is -2.63. The lowest BCUT2D eigenvalue weighted by Gasteiger charge is -2.49. The van der Waals surface area contributed by atoms with E-state index in [1.54, 1.807) is 12.3 Å². The summed E-state index contributed by atoms with van der Waals surface area (Å²) in [6.07, 6.45) is 4.70. The number of rotatable bonds is 2. The average molecular weight is 351 g/mol. The van der Waals surface area contributed by atoms with Gasteiger partial charge in [0.15, 0.2) is 0 Å². The van der Waals surface area contributed by atoms with Crippen LogP contribution in [0.1, 0.15) is 30.7 Å². The molecule has 0 bridgehead atoms. The minimum Gasteiger partial charge on any atom is -0.384 e. The number of carbonyl (C=O) groups is 1. The molecule has 0 radical (unpaired) electrons. The lowest BCUT2D eigenvalue weighted by molar-refractivity contribution is -0.138. The van der Waals surface area contributed by atoms with E-state index >= 15 is 0 Å². The zero-order chi connectivity index (χ0) is 18.1. The van der Waals surface area contributed by atoms with Crippen molar-refractivity contribution < 1.29 is 4.79 Å². The number of benzene rings is 1. The van der Waals surface area contributed by atoms with Gasteiger partial charge in [-0.15, -0.1) is 0 Å². The third-order valence-electron chi connectivity index (χ3n) is 5.86. The van der Waals surface area contributed by atoms with Crippen LogP contribution in [0.5, 0.6) is 0 Å². The van der Waals surface area contributed by atoms with E-state index in [0.29, 0.717) is 11.8 Å². The summed E-state index contributed by atoms with van der Waals surface area (Å²) in [6, 6.07) is 11.9. The quantitative estimate of drug-likeness (QED) is 0.898. The fourth-order valence-corrected chi connectivity index (χ4v) is 4.44. The zero-order valence-corrected chi connectivity index (χ0v) is 15.1. The summed E-state index contributed by atoms with van der Waals surface area (Å²) in [5.74, 6) is 1.41. The van der Waals surface area contributed by atoms with Crippen LogP contribution in [0.2, 0.25) is 0 Å². The van der Waals surface area contributed by atoms with Gasteiger partial charge in [0, 0.05) is 32.9 Å². The van der Waals surface area contributed by atoms with Crippen molar-refractivity contribution >= 4 is 17.7 Å². The Labute approximate surface area is 154 Å².